The van der Waals surface area contributed by atoms with E-state index in [2.05, 4.69) is 0 Å². The molecule has 1 aliphatic heterocycles. The largest absolute Gasteiger partial charge is 0.516 e. The number of halogens is 3. The molecule has 0 aromatic carbocycles. The summed E-state index contributed by atoms with van der Waals surface area (Å²) in [7, 11) is -4.82. The SMILES string of the molecule is CO[C@@H]1CC(=O)C[C@@H]2N(S(=O)(=O)C(F)(F)F)C(C(C)=O)=C[C@@]21C(C)=O. The minimum atomic E-state index is -5.98. The molecule has 3 atom stereocenters. The number of Topliss-reactive ketones (excluding diaryl/α,β-unsaturated/α-hetero) is 3. The van der Waals surface area contributed by atoms with E-state index in [0.29, 0.717) is 0 Å². The standard InChI is InChI=1S/C14H16F3NO6S/c1-7(19)10-6-13(8(2)20)11(4-9(21)5-12(13)24-3)18(10)25(22,23)14(15,16)17/h6,11-12H,4-5H2,1-3H3/t11-,12+,13+/m0/s1. The Bertz CT molecular complexity index is 772. The number of sulfonamides is 1. The first-order chi connectivity index (χ1) is 11.3. The number of nitrogens with zero attached hydrogens (tertiary/aromatic N) is 1. The zero-order chi connectivity index (χ0) is 19.4. The van der Waals surface area contributed by atoms with Gasteiger partial charge in [0.1, 0.15) is 11.6 Å². The second-order valence-corrected chi connectivity index (χ2v) is 7.82. The van der Waals surface area contributed by atoms with Crippen molar-refractivity contribution >= 4 is 27.4 Å². The van der Waals surface area contributed by atoms with Gasteiger partial charge >= 0.3 is 15.5 Å². The van der Waals surface area contributed by atoms with Crippen molar-refractivity contribution in [2.24, 2.45) is 5.41 Å². The molecule has 0 aromatic rings. The summed E-state index contributed by atoms with van der Waals surface area (Å²) < 4.78 is 68.4. The Morgan fingerprint density at radius 3 is 2.24 bits per heavy atom. The van der Waals surface area contributed by atoms with Crippen LogP contribution in [-0.4, -0.2) is 54.8 Å². The second kappa shape index (κ2) is 5.90. The molecule has 140 valence electrons. The van der Waals surface area contributed by atoms with E-state index in [-0.39, 0.29) is 10.7 Å². The van der Waals surface area contributed by atoms with Crippen molar-refractivity contribution in [3.63, 3.8) is 0 Å². The number of methoxy groups -OCH3 is 1. The first-order valence-electron chi connectivity index (χ1n) is 7.20. The first kappa shape index (κ1) is 19.6. The summed E-state index contributed by atoms with van der Waals surface area (Å²) in [5.74, 6) is -2.21. The van der Waals surface area contributed by atoms with Crippen LogP contribution >= 0.6 is 0 Å². The molecular weight excluding hydrogens is 367 g/mol. The van der Waals surface area contributed by atoms with Crippen LogP contribution in [0.15, 0.2) is 11.8 Å². The van der Waals surface area contributed by atoms with E-state index in [9.17, 15) is 36.0 Å². The van der Waals surface area contributed by atoms with Crippen molar-refractivity contribution in [3.05, 3.63) is 11.8 Å². The smallest absolute Gasteiger partial charge is 0.380 e. The number of ether oxygens (including phenoxy) is 1. The zero-order valence-electron chi connectivity index (χ0n) is 13.6. The lowest BCUT2D eigenvalue weighted by Gasteiger charge is -2.44. The van der Waals surface area contributed by atoms with Crippen molar-refractivity contribution in [2.45, 2.75) is 44.3 Å². The van der Waals surface area contributed by atoms with Crippen molar-refractivity contribution < 1.29 is 40.7 Å². The third-order valence-corrected chi connectivity index (χ3v) is 6.17. The highest BCUT2D eigenvalue weighted by Crippen LogP contribution is 2.51. The number of rotatable bonds is 4. The Labute approximate surface area is 141 Å². The fourth-order valence-electron chi connectivity index (χ4n) is 3.49. The van der Waals surface area contributed by atoms with Crippen LogP contribution in [0.4, 0.5) is 13.2 Å². The Balaban J connectivity index is 2.79. The highest BCUT2D eigenvalue weighted by Gasteiger charge is 2.65. The molecule has 0 N–H and O–H groups in total. The molecular formula is C14H16F3NO6S. The summed E-state index contributed by atoms with van der Waals surface area (Å²) >= 11 is 0. The molecule has 0 bridgehead atoms. The van der Waals surface area contributed by atoms with E-state index < -0.39 is 62.6 Å². The number of fused-ring (bicyclic) bond motifs is 1. The van der Waals surface area contributed by atoms with Crippen molar-refractivity contribution in [2.75, 3.05) is 7.11 Å². The van der Waals surface area contributed by atoms with E-state index in [1.54, 1.807) is 0 Å². The topological polar surface area (TPSA) is 97.8 Å². The maximum Gasteiger partial charge on any atom is 0.516 e. The number of carbonyl (C=O) groups excluding carboxylic acids is 3. The lowest BCUT2D eigenvalue weighted by molar-refractivity contribution is -0.144. The summed E-state index contributed by atoms with van der Waals surface area (Å²) in [5.41, 5.74) is -8.31. The van der Waals surface area contributed by atoms with Gasteiger partial charge in [-0.3, -0.25) is 18.7 Å². The van der Waals surface area contributed by atoms with Crippen LogP contribution in [0, 0.1) is 5.41 Å². The molecule has 25 heavy (non-hydrogen) atoms. The van der Waals surface area contributed by atoms with Gasteiger partial charge in [-0.05, 0) is 13.0 Å². The molecule has 0 amide bonds. The maximum atomic E-state index is 13.1. The van der Waals surface area contributed by atoms with Gasteiger partial charge in [0.05, 0.1) is 23.3 Å². The van der Waals surface area contributed by atoms with Crippen LogP contribution in [0.1, 0.15) is 26.7 Å². The highest BCUT2D eigenvalue weighted by molar-refractivity contribution is 7.90. The second-order valence-electron chi connectivity index (χ2n) is 6.01. The molecule has 1 saturated carbocycles. The van der Waals surface area contributed by atoms with Gasteiger partial charge in [0.2, 0.25) is 0 Å². The van der Waals surface area contributed by atoms with Crippen LogP contribution in [0.25, 0.3) is 0 Å². The molecule has 1 fully saturated rings. The average Bonchev–Trinajstić information content (AvgIpc) is 2.81. The minimum Gasteiger partial charge on any atom is -0.380 e. The average molecular weight is 383 g/mol. The molecule has 7 nitrogen and oxygen atoms in total. The van der Waals surface area contributed by atoms with Gasteiger partial charge in [-0.1, -0.05) is 0 Å². The third-order valence-electron chi connectivity index (χ3n) is 4.62. The fourth-order valence-corrected chi connectivity index (χ4v) is 4.74. The third kappa shape index (κ3) is 2.69. The van der Waals surface area contributed by atoms with Gasteiger partial charge in [0, 0.05) is 26.9 Å². The van der Waals surface area contributed by atoms with E-state index in [1.165, 1.54) is 0 Å². The van der Waals surface area contributed by atoms with Gasteiger partial charge in [0.15, 0.2) is 5.78 Å². The number of carbonyl (C=O) groups is 3. The molecule has 0 unspecified atom stereocenters. The molecule has 2 aliphatic rings. The highest BCUT2D eigenvalue weighted by atomic mass is 32.2. The van der Waals surface area contributed by atoms with Crippen LogP contribution in [-0.2, 0) is 29.1 Å². The number of allylic oxidation sites excluding steroid dienone is 1. The monoisotopic (exact) mass is 383 g/mol. The number of alkyl halides is 3. The van der Waals surface area contributed by atoms with Gasteiger partial charge in [-0.25, -0.2) is 0 Å². The number of ketones is 3. The zero-order valence-corrected chi connectivity index (χ0v) is 14.4. The quantitative estimate of drug-likeness (QED) is 0.717. The molecule has 1 aliphatic carbocycles. The first-order valence-corrected chi connectivity index (χ1v) is 8.64. The Morgan fingerprint density at radius 1 is 1.28 bits per heavy atom. The maximum absolute atomic E-state index is 13.1. The summed E-state index contributed by atoms with van der Waals surface area (Å²) in [4.78, 5) is 36.1. The van der Waals surface area contributed by atoms with E-state index in [1.807, 2.05) is 0 Å². The molecule has 0 radical (unpaired) electrons. The molecule has 0 aromatic heterocycles. The lowest BCUT2D eigenvalue weighted by atomic mass is 9.66. The molecule has 11 heteroatoms. The van der Waals surface area contributed by atoms with Crippen LogP contribution in [0.2, 0.25) is 0 Å². The van der Waals surface area contributed by atoms with Crippen molar-refractivity contribution in [1.29, 1.82) is 0 Å². The van der Waals surface area contributed by atoms with Crippen molar-refractivity contribution in [1.82, 2.24) is 4.31 Å². The summed E-state index contributed by atoms with van der Waals surface area (Å²) in [6.45, 7) is 1.95. The predicted molar refractivity (Wildman–Crippen MR) is 77.5 cm³/mol. The lowest BCUT2D eigenvalue weighted by Crippen LogP contribution is -2.59. The summed E-state index contributed by atoms with van der Waals surface area (Å²) in [6, 6.07) is -1.69. The van der Waals surface area contributed by atoms with Gasteiger partial charge in [0.25, 0.3) is 0 Å². The minimum absolute atomic E-state index is 0.125. The molecule has 0 spiro atoms. The molecule has 0 saturated heterocycles. The van der Waals surface area contributed by atoms with Crippen molar-refractivity contribution in [3.8, 4) is 0 Å². The van der Waals surface area contributed by atoms with E-state index >= 15 is 0 Å². The number of hydrogen-bond acceptors (Lipinski definition) is 6. The Kier molecular flexibility index (Phi) is 4.62. The fraction of sp³-hybridized carbons (Fsp3) is 0.643. The van der Waals surface area contributed by atoms with Gasteiger partial charge in [-0.15, -0.1) is 0 Å². The molecule has 2 rings (SSSR count). The van der Waals surface area contributed by atoms with Gasteiger partial charge < -0.3 is 4.74 Å². The Morgan fingerprint density at radius 2 is 1.84 bits per heavy atom. The summed E-state index contributed by atoms with van der Waals surface area (Å²) in [6.07, 6.45) is -1.15. The van der Waals surface area contributed by atoms with Gasteiger partial charge in [-0.2, -0.15) is 21.6 Å². The number of hydrogen-bond donors (Lipinski definition) is 0. The molecule has 1 heterocycles. The predicted octanol–water partition coefficient (Wildman–Crippen LogP) is 0.946. The normalized spacial score (nSPS) is 30.1. The van der Waals surface area contributed by atoms with Crippen LogP contribution in [0.3, 0.4) is 0 Å². The summed E-state index contributed by atoms with van der Waals surface area (Å²) in [5, 5.41) is 0. The van der Waals surface area contributed by atoms with E-state index in [0.717, 1.165) is 27.0 Å². The van der Waals surface area contributed by atoms with E-state index in [4.69, 9.17) is 4.74 Å². The van der Waals surface area contributed by atoms with Crippen LogP contribution in [0.5, 0.6) is 0 Å². The Hall–Kier alpha value is -1.75. The van der Waals surface area contributed by atoms with Crippen LogP contribution < -0.4 is 0 Å².